The number of carbonyl (C=O) groups excluding carboxylic acids is 1. The predicted molar refractivity (Wildman–Crippen MR) is 140 cm³/mol. The molecule has 9 nitrogen and oxygen atoms in total. The van der Waals surface area contributed by atoms with Crippen LogP contribution in [0, 0.1) is 0 Å². The van der Waals surface area contributed by atoms with Gasteiger partial charge in [-0.15, -0.1) is 4.28 Å². The van der Waals surface area contributed by atoms with E-state index in [0.717, 1.165) is 21.0 Å². The Hall–Kier alpha value is -3.77. The van der Waals surface area contributed by atoms with Crippen LogP contribution in [0.4, 0.5) is 0 Å². The van der Waals surface area contributed by atoms with Crippen molar-refractivity contribution in [2.75, 3.05) is 14.1 Å². The molecule has 37 heavy (non-hydrogen) atoms. The Balaban J connectivity index is 1.39. The summed E-state index contributed by atoms with van der Waals surface area (Å²) < 4.78 is 56.4. The molecule has 0 spiro atoms. The molecule has 1 N–H and O–H groups in total. The van der Waals surface area contributed by atoms with E-state index in [2.05, 4.69) is 4.28 Å². The first-order valence-corrected chi connectivity index (χ1v) is 14.0. The average Bonchev–Trinajstić information content (AvgIpc) is 3.36. The van der Waals surface area contributed by atoms with Gasteiger partial charge in [-0.05, 0) is 72.4 Å². The van der Waals surface area contributed by atoms with Crippen molar-refractivity contribution in [2.45, 2.75) is 16.3 Å². The predicted octanol–water partition coefficient (Wildman–Crippen LogP) is 3.39. The smallest absolute Gasteiger partial charge is 0.305 e. The minimum atomic E-state index is -4.24. The summed E-state index contributed by atoms with van der Waals surface area (Å²) in [5.74, 6) is -0.837. The highest BCUT2D eigenvalue weighted by Crippen LogP contribution is 2.20. The van der Waals surface area contributed by atoms with Crippen molar-refractivity contribution >= 4 is 42.9 Å². The van der Waals surface area contributed by atoms with E-state index in [1.165, 1.54) is 36.7 Å². The van der Waals surface area contributed by atoms with Crippen LogP contribution in [0.5, 0.6) is 0 Å². The first-order chi connectivity index (χ1) is 17.5. The van der Waals surface area contributed by atoms with Crippen molar-refractivity contribution < 1.29 is 25.9 Å². The lowest BCUT2D eigenvalue weighted by molar-refractivity contribution is -0.122. The van der Waals surface area contributed by atoms with Crippen LogP contribution in [-0.2, 0) is 35.8 Å². The number of fused-ring (bicyclic) bond motifs is 1. The van der Waals surface area contributed by atoms with Crippen LogP contribution in [0.1, 0.15) is 11.1 Å². The number of hydrogen-bond acceptors (Lipinski definition) is 7. The van der Waals surface area contributed by atoms with E-state index < -0.39 is 26.0 Å². The summed E-state index contributed by atoms with van der Waals surface area (Å²) in [5, 5.41) is 1.58. The van der Waals surface area contributed by atoms with Crippen LogP contribution >= 0.6 is 0 Å². The fourth-order valence-corrected chi connectivity index (χ4v) is 5.57. The molecule has 192 valence electrons. The second-order valence-corrected chi connectivity index (χ2v) is 11.9. The van der Waals surface area contributed by atoms with E-state index in [9.17, 15) is 21.6 Å². The number of amides is 1. The molecule has 4 aromatic rings. The number of hydrogen-bond donors (Lipinski definition) is 1. The monoisotopic (exact) mass is 539 g/mol. The van der Waals surface area contributed by atoms with Gasteiger partial charge in [-0.25, -0.2) is 17.9 Å². The lowest BCUT2D eigenvalue weighted by atomic mass is 10.1. The van der Waals surface area contributed by atoms with Crippen molar-refractivity contribution in [3.63, 3.8) is 0 Å². The van der Waals surface area contributed by atoms with E-state index in [4.69, 9.17) is 0 Å². The van der Waals surface area contributed by atoms with E-state index in [0.29, 0.717) is 17.5 Å². The van der Waals surface area contributed by atoms with Crippen molar-refractivity contribution in [3.05, 3.63) is 102 Å². The lowest BCUT2D eigenvalue weighted by Crippen LogP contribution is -2.25. The Labute approximate surface area is 215 Å². The number of benzene rings is 3. The van der Waals surface area contributed by atoms with Gasteiger partial charge in [0.1, 0.15) is 0 Å². The quantitative estimate of drug-likeness (QED) is 0.256. The maximum atomic E-state index is 12.9. The zero-order chi connectivity index (χ0) is 26.6. The maximum Gasteiger partial charge on any atom is 0.317 e. The van der Waals surface area contributed by atoms with E-state index in [1.807, 2.05) is 36.6 Å². The minimum absolute atomic E-state index is 0.104. The molecule has 1 aromatic heterocycles. The summed E-state index contributed by atoms with van der Waals surface area (Å²) in [6.45, 7) is 0.689. The fraction of sp³-hybridized carbons (Fsp3) is 0.115. The topological polar surface area (TPSA) is 115 Å². The molecule has 1 amide bonds. The summed E-state index contributed by atoms with van der Waals surface area (Å²) in [7, 11) is -4.20. The van der Waals surface area contributed by atoms with Gasteiger partial charge in [0.25, 0.3) is 15.9 Å². The van der Waals surface area contributed by atoms with E-state index >= 15 is 0 Å². The second kappa shape index (κ2) is 10.7. The van der Waals surface area contributed by atoms with Crippen LogP contribution < -0.4 is 5.48 Å². The molecule has 0 radical (unpaired) electrons. The molecule has 0 unspecified atom stereocenters. The molecule has 0 bridgehead atoms. The van der Waals surface area contributed by atoms with Gasteiger partial charge >= 0.3 is 10.1 Å². The number of carbonyl (C=O) groups is 1. The first kappa shape index (κ1) is 26.3. The standard InChI is InChI=1S/C26H25N3O6S2/c1-28(2)18-20-7-11-24(12-8-20)36(31,32)29-16-15-21(19-29)9-14-26(30)27-35-37(33,34)25-13-10-22-5-3-4-6-23(22)17-25/h3-17,19H,18H2,1-2H3,(H,27,30)/b14-9+. The van der Waals surface area contributed by atoms with Gasteiger partial charge in [-0.1, -0.05) is 42.5 Å². The van der Waals surface area contributed by atoms with Crippen molar-refractivity contribution in [1.82, 2.24) is 14.4 Å². The third kappa shape index (κ3) is 6.33. The van der Waals surface area contributed by atoms with Crippen molar-refractivity contribution in [3.8, 4) is 0 Å². The van der Waals surface area contributed by atoms with Gasteiger partial charge in [0.2, 0.25) is 0 Å². The van der Waals surface area contributed by atoms with Crippen LogP contribution in [0.3, 0.4) is 0 Å². The van der Waals surface area contributed by atoms with Crippen molar-refractivity contribution in [2.24, 2.45) is 0 Å². The molecule has 0 fully saturated rings. The second-order valence-electron chi connectivity index (χ2n) is 8.51. The zero-order valence-electron chi connectivity index (χ0n) is 20.1. The minimum Gasteiger partial charge on any atom is -0.305 e. The largest absolute Gasteiger partial charge is 0.317 e. The van der Waals surface area contributed by atoms with Crippen molar-refractivity contribution in [1.29, 1.82) is 0 Å². The molecule has 4 rings (SSSR count). The van der Waals surface area contributed by atoms with Crippen LogP contribution in [-0.4, -0.2) is 45.7 Å². The SMILES string of the molecule is CN(C)Cc1ccc(S(=O)(=O)n2ccc(/C=C/C(=O)NOS(=O)(=O)c3ccc4ccccc4c3)c2)cc1. The molecule has 0 aliphatic carbocycles. The Morgan fingerprint density at radius 1 is 0.919 bits per heavy atom. The first-order valence-electron chi connectivity index (χ1n) is 11.1. The summed E-state index contributed by atoms with van der Waals surface area (Å²) in [4.78, 5) is 14.1. The Bertz CT molecular complexity index is 1670. The number of hydroxylamine groups is 1. The Kier molecular flexibility index (Phi) is 7.60. The van der Waals surface area contributed by atoms with Gasteiger partial charge in [0, 0.05) is 25.0 Å². The molecule has 11 heteroatoms. The lowest BCUT2D eigenvalue weighted by Gasteiger charge is -2.10. The van der Waals surface area contributed by atoms with Crippen LogP contribution in [0.25, 0.3) is 16.8 Å². The third-order valence-electron chi connectivity index (χ3n) is 5.38. The Morgan fingerprint density at radius 3 is 2.30 bits per heavy atom. The molecule has 0 saturated carbocycles. The highest BCUT2D eigenvalue weighted by Gasteiger charge is 2.18. The van der Waals surface area contributed by atoms with E-state index in [1.54, 1.807) is 42.5 Å². The fourth-order valence-electron chi connectivity index (χ4n) is 3.57. The molecule has 1 heterocycles. The van der Waals surface area contributed by atoms with E-state index in [-0.39, 0.29) is 9.79 Å². The van der Waals surface area contributed by atoms with Gasteiger partial charge < -0.3 is 4.90 Å². The Morgan fingerprint density at radius 2 is 1.59 bits per heavy atom. The van der Waals surface area contributed by atoms with Gasteiger partial charge in [-0.2, -0.15) is 8.42 Å². The average molecular weight is 540 g/mol. The molecule has 0 atom stereocenters. The number of rotatable bonds is 9. The van der Waals surface area contributed by atoms with Gasteiger partial charge in [-0.3, -0.25) is 4.79 Å². The normalized spacial score (nSPS) is 12.4. The molecular formula is C26H25N3O6S2. The highest BCUT2D eigenvalue weighted by atomic mass is 32.2. The summed E-state index contributed by atoms with van der Waals surface area (Å²) in [6, 6.07) is 19.8. The summed E-state index contributed by atoms with van der Waals surface area (Å²) >= 11 is 0. The molecular weight excluding hydrogens is 514 g/mol. The van der Waals surface area contributed by atoms with Gasteiger partial charge in [0.05, 0.1) is 9.79 Å². The molecule has 0 aliphatic heterocycles. The summed E-state index contributed by atoms with van der Waals surface area (Å²) in [5.41, 5.74) is 3.28. The zero-order valence-corrected chi connectivity index (χ0v) is 21.7. The van der Waals surface area contributed by atoms with Gasteiger partial charge in [0.15, 0.2) is 0 Å². The highest BCUT2D eigenvalue weighted by molar-refractivity contribution is 7.90. The maximum absolute atomic E-state index is 12.9. The number of nitrogens with one attached hydrogen (secondary N) is 1. The number of aromatic nitrogens is 1. The third-order valence-corrected chi connectivity index (χ3v) is 8.16. The number of nitrogens with zero attached hydrogens (tertiary/aromatic N) is 2. The molecule has 3 aromatic carbocycles. The molecule has 0 aliphatic rings. The molecule has 0 saturated heterocycles. The van der Waals surface area contributed by atoms with Crippen LogP contribution in [0.15, 0.2) is 101 Å². The van der Waals surface area contributed by atoms with Crippen LogP contribution in [0.2, 0.25) is 0 Å². The summed E-state index contributed by atoms with van der Waals surface area (Å²) in [6.07, 6.45) is 5.09.